The molecule has 4 N–H and O–H groups in total. The molecular formula is C19H27N7O3+2. The summed E-state index contributed by atoms with van der Waals surface area (Å²) in [5.41, 5.74) is 0.693. The molecule has 154 valence electrons. The van der Waals surface area contributed by atoms with Gasteiger partial charge in [0.25, 0.3) is 0 Å². The minimum absolute atomic E-state index is 0.173. The lowest BCUT2D eigenvalue weighted by molar-refractivity contribution is -0.975. The smallest absolute Gasteiger partial charge is 0.311 e. The Morgan fingerprint density at radius 3 is 2.62 bits per heavy atom. The Labute approximate surface area is 168 Å². The van der Waals surface area contributed by atoms with E-state index < -0.39 is 16.4 Å². The first-order chi connectivity index (χ1) is 13.6. The van der Waals surface area contributed by atoms with E-state index in [2.05, 4.69) is 20.5 Å². The zero-order valence-corrected chi connectivity index (χ0v) is 16.9. The number of fused-ring (bicyclic) bond motifs is 1. The normalized spacial score (nSPS) is 30.7. The predicted molar refractivity (Wildman–Crippen MR) is 105 cm³/mol. The maximum absolute atomic E-state index is 13.0. The molecule has 2 aliphatic rings. The average molecular weight is 401 g/mol. The highest BCUT2D eigenvalue weighted by Crippen LogP contribution is 2.48. The average Bonchev–Trinajstić information content (AvgIpc) is 3.25. The van der Waals surface area contributed by atoms with E-state index in [1.165, 1.54) is 6.20 Å². The second kappa shape index (κ2) is 6.41. The Bertz CT molecular complexity index is 1010. The number of rotatable bonds is 2. The molecule has 2 fully saturated rings. The number of H-pyrrole nitrogens is 1. The molecule has 0 radical (unpaired) electrons. The molecule has 0 aromatic carbocycles. The van der Waals surface area contributed by atoms with E-state index in [1.54, 1.807) is 12.4 Å². The molecule has 1 saturated heterocycles. The molecule has 1 aliphatic carbocycles. The molecule has 4 rings (SSSR count). The summed E-state index contributed by atoms with van der Waals surface area (Å²) in [5.74, 6) is 5.02. The Kier molecular flexibility index (Phi) is 4.34. The van der Waals surface area contributed by atoms with Crippen molar-refractivity contribution in [2.45, 2.75) is 32.7 Å². The summed E-state index contributed by atoms with van der Waals surface area (Å²) in [6, 6.07) is -0.173. The maximum atomic E-state index is 13.0. The number of quaternary nitrogens is 2. The number of nitrogens with zero attached hydrogens (tertiary/aromatic N) is 4. The lowest BCUT2D eigenvalue weighted by atomic mass is 10.0. The molecule has 3 heterocycles. The number of aromatic nitrogens is 3. The van der Waals surface area contributed by atoms with E-state index in [4.69, 9.17) is 5.84 Å². The maximum Gasteiger partial charge on any atom is 0.423 e. The quantitative estimate of drug-likeness (QED) is 0.287. The van der Waals surface area contributed by atoms with Crippen LogP contribution in [0.4, 0.5) is 5.69 Å². The van der Waals surface area contributed by atoms with Gasteiger partial charge in [0.2, 0.25) is 0 Å². The third-order valence-corrected chi connectivity index (χ3v) is 6.71. The number of nitrogens with one attached hydrogen (secondary N) is 2. The number of carbonyl (C=O) groups excluding carboxylic acids is 3. The summed E-state index contributed by atoms with van der Waals surface area (Å²) in [5, 5.41) is 10.0. The van der Waals surface area contributed by atoms with Gasteiger partial charge in [0.15, 0.2) is 13.1 Å². The lowest BCUT2D eigenvalue weighted by Gasteiger charge is -2.46. The number of pyridine rings is 1. The molecule has 3 amide bonds. The zero-order chi connectivity index (χ0) is 21.0. The highest BCUT2D eigenvalue weighted by atomic mass is 16.2. The molecule has 10 heteroatoms. The van der Waals surface area contributed by atoms with Gasteiger partial charge >= 0.3 is 17.7 Å². The van der Waals surface area contributed by atoms with Gasteiger partial charge in [-0.05, 0) is 26.7 Å². The van der Waals surface area contributed by atoms with Crippen LogP contribution in [0.3, 0.4) is 0 Å². The molecule has 1 saturated carbocycles. The van der Waals surface area contributed by atoms with Crippen molar-refractivity contribution in [2.24, 2.45) is 11.3 Å². The van der Waals surface area contributed by atoms with Crippen LogP contribution >= 0.6 is 0 Å². The number of likely N-dealkylation sites (N-methyl/N-ethyl adjacent to an activating group) is 1. The number of piperazine rings is 1. The second-order valence-corrected chi connectivity index (χ2v) is 8.93. The van der Waals surface area contributed by atoms with Crippen LogP contribution in [-0.2, 0) is 14.4 Å². The molecule has 1 aliphatic heterocycles. The second-order valence-electron chi connectivity index (χ2n) is 8.93. The van der Waals surface area contributed by atoms with Crippen molar-refractivity contribution in [3.05, 3.63) is 18.6 Å². The number of hydrogen-bond donors (Lipinski definition) is 3. The number of carbonyl (C=O) groups is 3. The molecule has 3 atom stereocenters. The van der Waals surface area contributed by atoms with Crippen LogP contribution in [-0.4, -0.2) is 74.7 Å². The monoisotopic (exact) mass is 401 g/mol. The molecule has 2 aromatic heterocycles. The van der Waals surface area contributed by atoms with E-state index in [-0.39, 0.29) is 34.9 Å². The van der Waals surface area contributed by atoms with Crippen molar-refractivity contribution in [3.8, 4) is 0 Å². The number of hydrogen-bond acceptors (Lipinski definition) is 6. The Morgan fingerprint density at radius 1 is 1.24 bits per heavy atom. The lowest BCUT2D eigenvalue weighted by Crippen LogP contribution is -2.76. The van der Waals surface area contributed by atoms with Crippen LogP contribution in [0.5, 0.6) is 0 Å². The molecule has 29 heavy (non-hydrogen) atoms. The van der Waals surface area contributed by atoms with Crippen molar-refractivity contribution in [3.63, 3.8) is 0 Å². The van der Waals surface area contributed by atoms with Crippen LogP contribution in [0.25, 0.3) is 10.9 Å². The molecule has 0 bridgehead atoms. The van der Waals surface area contributed by atoms with Crippen molar-refractivity contribution in [1.29, 1.82) is 0 Å². The SMILES string of the molecule is CC1C[N+](N)(C(=O)C(=O)Nc2cncc3cn[nH]c23)CC[N+]1(C)C(=O)C1(C)CC1. The Morgan fingerprint density at radius 2 is 1.97 bits per heavy atom. The van der Waals surface area contributed by atoms with Gasteiger partial charge in [0, 0.05) is 11.6 Å². The van der Waals surface area contributed by atoms with E-state index in [0.717, 1.165) is 18.2 Å². The first-order valence-electron chi connectivity index (χ1n) is 9.78. The van der Waals surface area contributed by atoms with Crippen LogP contribution in [0.15, 0.2) is 18.6 Å². The third kappa shape index (κ3) is 3.13. The summed E-state index contributed by atoms with van der Waals surface area (Å²) >= 11 is 0. The van der Waals surface area contributed by atoms with Crippen molar-refractivity contribution in [2.75, 3.05) is 32.0 Å². The first kappa shape index (κ1) is 19.6. The first-order valence-corrected chi connectivity index (χ1v) is 9.78. The summed E-state index contributed by atoms with van der Waals surface area (Å²) in [4.78, 5) is 42.7. The van der Waals surface area contributed by atoms with Crippen LogP contribution < -0.4 is 11.2 Å². The van der Waals surface area contributed by atoms with E-state index >= 15 is 0 Å². The number of aromatic amines is 1. The topological polar surface area (TPSA) is 131 Å². The fourth-order valence-electron chi connectivity index (χ4n) is 4.19. The number of amides is 3. The molecule has 3 unspecified atom stereocenters. The fraction of sp³-hybridized carbons (Fsp3) is 0.526. The van der Waals surface area contributed by atoms with E-state index in [0.29, 0.717) is 17.7 Å². The van der Waals surface area contributed by atoms with Gasteiger partial charge in [-0.3, -0.25) is 19.4 Å². The van der Waals surface area contributed by atoms with Gasteiger partial charge in [-0.1, -0.05) is 0 Å². The minimum Gasteiger partial charge on any atom is -0.311 e. The molecule has 2 aromatic rings. The highest BCUT2D eigenvalue weighted by Gasteiger charge is 2.60. The van der Waals surface area contributed by atoms with Gasteiger partial charge < -0.3 is 5.32 Å². The van der Waals surface area contributed by atoms with Gasteiger partial charge in [0.1, 0.15) is 12.6 Å². The van der Waals surface area contributed by atoms with Gasteiger partial charge in [-0.2, -0.15) is 15.5 Å². The van der Waals surface area contributed by atoms with Crippen molar-refractivity contribution < 1.29 is 23.5 Å². The van der Waals surface area contributed by atoms with E-state index in [1.807, 2.05) is 20.9 Å². The predicted octanol–water partition coefficient (Wildman–Crippen LogP) is 0.289. The zero-order valence-electron chi connectivity index (χ0n) is 16.9. The summed E-state index contributed by atoms with van der Waals surface area (Å²) in [7, 11) is 1.91. The number of nitrogens with two attached hydrogens (primary N) is 1. The summed E-state index contributed by atoms with van der Waals surface area (Å²) in [6.07, 6.45) is 6.45. The number of anilines is 1. The molecule has 10 nitrogen and oxygen atoms in total. The van der Waals surface area contributed by atoms with Gasteiger partial charge in [0.05, 0.1) is 36.1 Å². The Balaban J connectivity index is 1.49. The van der Waals surface area contributed by atoms with Gasteiger partial charge in [-0.15, -0.1) is 0 Å². The van der Waals surface area contributed by atoms with Crippen LogP contribution in [0, 0.1) is 5.41 Å². The van der Waals surface area contributed by atoms with Crippen LogP contribution in [0.1, 0.15) is 26.7 Å². The fourth-order valence-corrected chi connectivity index (χ4v) is 4.19. The third-order valence-electron chi connectivity index (χ3n) is 6.71. The van der Waals surface area contributed by atoms with E-state index in [9.17, 15) is 14.4 Å². The van der Waals surface area contributed by atoms with Crippen molar-refractivity contribution >= 4 is 34.3 Å². The van der Waals surface area contributed by atoms with Crippen LogP contribution in [0.2, 0.25) is 0 Å². The molecular weight excluding hydrogens is 374 g/mol. The Hall–Kier alpha value is -2.69. The summed E-state index contributed by atoms with van der Waals surface area (Å²) in [6.45, 7) is 4.78. The standard InChI is InChI=1S/C19H25N7O3/c1-12-11-26(20,7-6-25(12,3)18(29)19(2)4-5-19)17(28)16(27)23-14-10-21-8-13-9-22-24-15(13)14/h8-10,12H,4-7,11,20H2,1-3H3/p+2. The highest BCUT2D eigenvalue weighted by molar-refractivity contribution is 6.37. The van der Waals surface area contributed by atoms with Crippen molar-refractivity contribution in [1.82, 2.24) is 15.2 Å². The summed E-state index contributed by atoms with van der Waals surface area (Å²) < 4.78 is -0.267. The largest absolute Gasteiger partial charge is 0.423 e. The molecule has 0 spiro atoms. The van der Waals surface area contributed by atoms with Gasteiger partial charge in [-0.25, -0.2) is 9.59 Å². The minimum atomic E-state index is -0.805.